The van der Waals surface area contributed by atoms with Crippen LogP contribution in [0.15, 0.2) is 47.5 Å². The first-order valence-electron chi connectivity index (χ1n) is 16.3. The minimum Gasteiger partial charge on any atom is -0.478 e. The van der Waals surface area contributed by atoms with Crippen molar-refractivity contribution in [3.05, 3.63) is 91.8 Å². The zero-order valence-electron chi connectivity index (χ0n) is 27.8. The first-order chi connectivity index (χ1) is 23.6. The Morgan fingerprint density at radius 1 is 1.08 bits per heavy atom. The number of nitrogens with one attached hydrogen (secondary N) is 1. The van der Waals surface area contributed by atoms with Gasteiger partial charge in [-0.05, 0) is 69.6 Å². The summed E-state index contributed by atoms with van der Waals surface area (Å²) >= 11 is 7.91. The molecule has 4 N–H and O–H groups in total. The Morgan fingerprint density at radius 3 is 2.55 bits per heavy atom. The number of halogens is 1. The number of hydrogen-bond donors (Lipinski definition) is 3. The second-order valence-electron chi connectivity index (χ2n) is 12.2. The number of thiophene rings is 1. The number of piperazine rings is 1. The molecule has 0 radical (unpaired) electrons. The molecule has 1 fully saturated rings. The number of benzene rings is 2. The summed E-state index contributed by atoms with van der Waals surface area (Å²) in [7, 11) is 0. The second-order valence-corrected chi connectivity index (χ2v) is 13.8. The zero-order chi connectivity index (χ0) is 34.7. The minimum absolute atomic E-state index is 0.0854. The monoisotopic (exact) mass is 698 g/mol. The van der Waals surface area contributed by atoms with Gasteiger partial charge in [-0.15, -0.1) is 21.5 Å². The highest BCUT2D eigenvalue weighted by atomic mass is 35.5. The summed E-state index contributed by atoms with van der Waals surface area (Å²) in [5.41, 5.74) is 11.1. The lowest BCUT2D eigenvalue weighted by atomic mass is 9.99. The highest BCUT2D eigenvalue weighted by molar-refractivity contribution is 7.15. The van der Waals surface area contributed by atoms with E-state index in [-0.39, 0.29) is 24.4 Å². The van der Waals surface area contributed by atoms with Gasteiger partial charge >= 0.3 is 5.97 Å². The number of aromatic nitrogens is 3. The standard InChI is InChI=1S/C36H39ClN8O3S/c1-22-23(2)49-35-32(22)33(25-7-9-27(37)10-8-25)40-30(34-42-41-24(3)45(34)35)21-31(46)39-14-5-15-43-16-18-44(19-17-43)28-11-12-29(36(47)48)26(20-28)6-4-13-38/h7-12,20,30H,5,13-19,21,38H2,1-3H3,(H,39,46)(H,47,48)/t30-/m0/s1. The van der Waals surface area contributed by atoms with Crippen molar-refractivity contribution in [2.45, 2.75) is 39.7 Å². The largest absolute Gasteiger partial charge is 0.478 e. The average molecular weight is 699 g/mol. The summed E-state index contributed by atoms with van der Waals surface area (Å²) < 4.78 is 2.05. The number of nitrogens with two attached hydrogens (primary N) is 1. The van der Waals surface area contributed by atoms with Crippen LogP contribution in [0.3, 0.4) is 0 Å². The number of carboxylic acids is 1. The van der Waals surface area contributed by atoms with Crippen molar-refractivity contribution in [3.8, 4) is 16.8 Å². The molecule has 2 aromatic carbocycles. The fraction of sp³-hybridized carbons (Fsp3) is 0.361. The van der Waals surface area contributed by atoms with Crippen LogP contribution >= 0.6 is 22.9 Å². The van der Waals surface area contributed by atoms with Crippen LogP contribution in [0.5, 0.6) is 0 Å². The van der Waals surface area contributed by atoms with Gasteiger partial charge in [0.15, 0.2) is 5.82 Å². The van der Waals surface area contributed by atoms with E-state index in [0.717, 1.165) is 78.1 Å². The van der Waals surface area contributed by atoms with Gasteiger partial charge in [-0.25, -0.2) is 4.79 Å². The Bertz CT molecular complexity index is 1970. The number of hydrogen-bond acceptors (Lipinski definition) is 9. The Hall–Kier alpha value is -4.54. The molecule has 2 aromatic heterocycles. The quantitative estimate of drug-likeness (QED) is 0.171. The van der Waals surface area contributed by atoms with Crippen molar-refractivity contribution in [1.29, 1.82) is 0 Å². The van der Waals surface area contributed by atoms with Crippen LogP contribution in [0.2, 0.25) is 5.02 Å². The highest BCUT2D eigenvalue weighted by Crippen LogP contribution is 2.39. The molecule has 0 bridgehead atoms. The molecule has 254 valence electrons. The van der Waals surface area contributed by atoms with Gasteiger partial charge in [0.2, 0.25) is 5.91 Å². The molecule has 0 aliphatic carbocycles. The second kappa shape index (κ2) is 14.9. The summed E-state index contributed by atoms with van der Waals surface area (Å²) in [6, 6.07) is 12.4. The molecule has 2 aliphatic rings. The molecule has 0 saturated carbocycles. The third-order valence-corrected chi connectivity index (χ3v) is 10.4. The number of fused-ring (bicyclic) bond motifs is 3. The molecule has 0 spiro atoms. The zero-order valence-corrected chi connectivity index (χ0v) is 29.4. The molecular formula is C36H39ClN8O3S. The molecule has 13 heteroatoms. The summed E-state index contributed by atoms with van der Waals surface area (Å²) in [6.45, 7) is 11.1. The van der Waals surface area contributed by atoms with Crippen LogP contribution in [-0.2, 0) is 4.79 Å². The maximum absolute atomic E-state index is 13.3. The summed E-state index contributed by atoms with van der Waals surface area (Å²) in [4.78, 5) is 36.0. The number of anilines is 1. The van der Waals surface area contributed by atoms with Crippen molar-refractivity contribution in [1.82, 2.24) is 25.0 Å². The number of amides is 1. The van der Waals surface area contributed by atoms with Gasteiger partial charge in [0.1, 0.15) is 16.9 Å². The van der Waals surface area contributed by atoms with Crippen LogP contribution in [0, 0.1) is 32.6 Å². The van der Waals surface area contributed by atoms with Gasteiger partial charge in [0.05, 0.1) is 24.2 Å². The van der Waals surface area contributed by atoms with E-state index in [4.69, 9.17) is 22.3 Å². The number of nitrogens with zero attached hydrogens (tertiary/aromatic N) is 6. The van der Waals surface area contributed by atoms with Crippen LogP contribution in [-0.4, -0.2) is 88.2 Å². The first-order valence-corrected chi connectivity index (χ1v) is 17.5. The maximum Gasteiger partial charge on any atom is 0.336 e. The molecule has 11 nitrogen and oxygen atoms in total. The summed E-state index contributed by atoms with van der Waals surface area (Å²) in [5, 5.41) is 23.2. The van der Waals surface area contributed by atoms with Crippen LogP contribution in [0.4, 0.5) is 5.69 Å². The Balaban J connectivity index is 1.07. The molecule has 2 aliphatic heterocycles. The van der Waals surface area contributed by atoms with Crippen molar-refractivity contribution in [2.24, 2.45) is 10.7 Å². The number of carboxylic acid groups (broad SMARTS) is 1. The molecule has 1 atom stereocenters. The molecule has 4 heterocycles. The van der Waals surface area contributed by atoms with Gasteiger partial charge in [-0.3, -0.25) is 19.3 Å². The third-order valence-electron chi connectivity index (χ3n) is 9.01. The summed E-state index contributed by atoms with van der Waals surface area (Å²) in [6.07, 6.45) is 0.964. The molecule has 4 aromatic rings. The third kappa shape index (κ3) is 7.40. The smallest absolute Gasteiger partial charge is 0.336 e. The maximum atomic E-state index is 13.3. The van der Waals surface area contributed by atoms with Crippen LogP contribution in [0.1, 0.15) is 68.0 Å². The molecule has 1 saturated heterocycles. The topological polar surface area (TPSA) is 142 Å². The van der Waals surface area contributed by atoms with Gasteiger partial charge in [0.25, 0.3) is 0 Å². The van der Waals surface area contributed by atoms with Crippen molar-refractivity contribution in [3.63, 3.8) is 0 Å². The fourth-order valence-corrected chi connectivity index (χ4v) is 7.65. The Morgan fingerprint density at radius 2 is 1.84 bits per heavy atom. The minimum atomic E-state index is -1.00. The number of aromatic carboxylic acids is 1. The average Bonchev–Trinajstić information content (AvgIpc) is 3.57. The normalized spacial score (nSPS) is 15.8. The Kier molecular flexibility index (Phi) is 10.5. The predicted molar refractivity (Wildman–Crippen MR) is 194 cm³/mol. The lowest BCUT2D eigenvalue weighted by Gasteiger charge is -2.36. The molecule has 6 rings (SSSR count). The number of aliphatic imine (C=N–C) groups is 1. The van der Waals surface area contributed by atoms with Crippen molar-refractivity contribution in [2.75, 3.05) is 50.7 Å². The van der Waals surface area contributed by atoms with Gasteiger partial charge in [0, 0.05) is 65.0 Å². The summed E-state index contributed by atoms with van der Waals surface area (Å²) in [5.74, 6) is 5.98. The van der Waals surface area contributed by atoms with Crippen molar-refractivity contribution < 1.29 is 14.7 Å². The van der Waals surface area contributed by atoms with Gasteiger partial charge < -0.3 is 21.1 Å². The van der Waals surface area contributed by atoms with Gasteiger partial charge in [-0.2, -0.15) is 0 Å². The van der Waals surface area contributed by atoms with E-state index in [2.05, 4.69) is 55.6 Å². The molecule has 0 unspecified atom stereocenters. The lowest BCUT2D eigenvalue weighted by Crippen LogP contribution is -2.47. The van der Waals surface area contributed by atoms with E-state index in [1.165, 1.54) is 4.88 Å². The van der Waals surface area contributed by atoms with E-state index in [1.54, 1.807) is 17.4 Å². The molecular weight excluding hydrogens is 660 g/mol. The SMILES string of the molecule is Cc1sc2c(c1C)C(c1ccc(Cl)cc1)=N[C@@H](CC(=O)NCCCN1CCN(c3ccc(C(=O)O)c(C#CCN)c3)CC1)c1nnc(C)n1-2. The van der Waals surface area contributed by atoms with Crippen LogP contribution in [0.25, 0.3) is 5.00 Å². The van der Waals surface area contributed by atoms with E-state index < -0.39 is 12.0 Å². The fourth-order valence-electron chi connectivity index (χ4n) is 6.31. The van der Waals surface area contributed by atoms with Crippen LogP contribution < -0.4 is 16.0 Å². The number of aryl methyl sites for hydroxylation is 2. The van der Waals surface area contributed by atoms with E-state index in [9.17, 15) is 14.7 Å². The predicted octanol–water partition coefficient (Wildman–Crippen LogP) is 4.53. The van der Waals surface area contributed by atoms with Gasteiger partial charge in [-0.1, -0.05) is 35.6 Å². The highest BCUT2D eigenvalue weighted by Gasteiger charge is 2.32. The number of rotatable bonds is 9. The Labute approximate surface area is 294 Å². The van der Waals surface area contributed by atoms with E-state index >= 15 is 0 Å². The van der Waals surface area contributed by atoms with Crippen molar-refractivity contribution >= 4 is 46.2 Å². The first kappa shape index (κ1) is 34.3. The van der Waals surface area contributed by atoms with E-state index in [0.29, 0.717) is 23.0 Å². The van der Waals surface area contributed by atoms with E-state index in [1.807, 2.05) is 43.3 Å². The molecule has 49 heavy (non-hydrogen) atoms. The molecule has 1 amide bonds. The number of carbonyl (C=O) groups excluding carboxylic acids is 1. The lowest BCUT2D eigenvalue weighted by molar-refractivity contribution is -0.121. The number of carbonyl (C=O) groups is 2.